The van der Waals surface area contributed by atoms with Gasteiger partial charge in [-0.05, 0) is 31.4 Å². The molecule has 36 heavy (non-hydrogen) atoms. The SMILES string of the molecule is CC(=O)Nc1c2n(c3ccccc13)C[C@@](C)(C(=O)NC1CCCCCC1)N(Cc1ccccc1)C2=O. The van der Waals surface area contributed by atoms with E-state index in [0.717, 1.165) is 42.1 Å². The van der Waals surface area contributed by atoms with Crippen LogP contribution in [-0.2, 0) is 22.7 Å². The van der Waals surface area contributed by atoms with Gasteiger partial charge in [-0.25, -0.2) is 0 Å². The van der Waals surface area contributed by atoms with Crippen molar-refractivity contribution in [1.82, 2.24) is 14.8 Å². The maximum absolute atomic E-state index is 14.2. The van der Waals surface area contributed by atoms with Crippen molar-refractivity contribution >= 4 is 34.3 Å². The minimum atomic E-state index is -1.10. The zero-order valence-corrected chi connectivity index (χ0v) is 21.0. The van der Waals surface area contributed by atoms with E-state index in [1.807, 2.05) is 66.1 Å². The molecule has 0 bridgehead atoms. The van der Waals surface area contributed by atoms with Crippen molar-refractivity contribution in [3.63, 3.8) is 0 Å². The quantitative estimate of drug-likeness (QED) is 0.506. The molecule has 1 aliphatic heterocycles. The highest BCUT2D eigenvalue weighted by molar-refractivity contribution is 6.14. The maximum Gasteiger partial charge on any atom is 0.273 e. The average molecular weight is 487 g/mol. The van der Waals surface area contributed by atoms with Gasteiger partial charge in [-0.3, -0.25) is 14.4 Å². The van der Waals surface area contributed by atoms with Crippen LogP contribution in [0.3, 0.4) is 0 Å². The van der Waals surface area contributed by atoms with Crippen LogP contribution >= 0.6 is 0 Å². The van der Waals surface area contributed by atoms with Crippen molar-refractivity contribution in [2.45, 2.75) is 77.0 Å². The van der Waals surface area contributed by atoms with Crippen LogP contribution < -0.4 is 10.6 Å². The first kappa shape index (κ1) is 24.1. The number of nitrogens with zero attached hydrogens (tertiary/aromatic N) is 2. The van der Waals surface area contributed by atoms with Gasteiger partial charge in [0.1, 0.15) is 11.2 Å². The number of hydrogen-bond donors (Lipinski definition) is 2. The Balaban J connectivity index is 1.60. The number of carbonyl (C=O) groups is 3. The highest BCUT2D eigenvalue weighted by Gasteiger charge is 2.49. The molecule has 2 aliphatic rings. The summed E-state index contributed by atoms with van der Waals surface area (Å²) in [6.07, 6.45) is 6.57. The molecular weight excluding hydrogens is 452 g/mol. The van der Waals surface area contributed by atoms with Gasteiger partial charge in [-0.2, -0.15) is 0 Å². The van der Waals surface area contributed by atoms with E-state index in [1.54, 1.807) is 4.90 Å². The molecule has 2 heterocycles. The van der Waals surface area contributed by atoms with Gasteiger partial charge in [0.25, 0.3) is 5.91 Å². The van der Waals surface area contributed by atoms with Gasteiger partial charge in [-0.15, -0.1) is 0 Å². The third kappa shape index (κ3) is 4.38. The lowest BCUT2D eigenvalue weighted by Gasteiger charge is -2.45. The number of aromatic nitrogens is 1. The van der Waals surface area contributed by atoms with E-state index in [2.05, 4.69) is 10.6 Å². The van der Waals surface area contributed by atoms with Crippen LogP contribution in [0.5, 0.6) is 0 Å². The Morgan fingerprint density at radius 2 is 1.64 bits per heavy atom. The smallest absolute Gasteiger partial charge is 0.273 e. The summed E-state index contributed by atoms with van der Waals surface area (Å²) < 4.78 is 1.91. The summed E-state index contributed by atoms with van der Waals surface area (Å²) in [5.74, 6) is -0.622. The van der Waals surface area contributed by atoms with E-state index >= 15 is 0 Å². The predicted octanol–water partition coefficient (Wildman–Crippen LogP) is 4.85. The van der Waals surface area contributed by atoms with Crippen molar-refractivity contribution < 1.29 is 14.4 Å². The summed E-state index contributed by atoms with van der Waals surface area (Å²) in [6.45, 7) is 3.92. The summed E-state index contributed by atoms with van der Waals surface area (Å²) in [5, 5.41) is 7.00. The Bertz CT molecular complexity index is 1290. The molecule has 0 saturated heterocycles. The molecule has 3 amide bonds. The molecule has 1 fully saturated rings. The number of hydrogen-bond acceptors (Lipinski definition) is 3. The normalized spacial score (nSPS) is 20.6. The predicted molar refractivity (Wildman–Crippen MR) is 141 cm³/mol. The van der Waals surface area contributed by atoms with Gasteiger partial charge < -0.3 is 20.1 Å². The Hall–Kier alpha value is -3.61. The summed E-state index contributed by atoms with van der Waals surface area (Å²) in [7, 11) is 0. The summed E-state index contributed by atoms with van der Waals surface area (Å²) >= 11 is 0. The van der Waals surface area contributed by atoms with E-state index in [9.17, 15) is 14.4 Å². The third-order valence-corrected chi connectivity index (χ3v) is 7.64. The Morgan fingerprint density at radius 3 is 2.33 bits per heavy atom. The average Bonchev–Trinajstić information content (AvgIpc) is 3.00. The minimum absolute atomic E-state index is 0.122. The maximum atomic E-state index is 14.2. The van der Waals surface area contributed by atoms with Gasteiger partial charge >= 0.3 is 0 Å². The lowest BCUT2D eigenvalue weighted by molar-refractivity contribution is -0.134. The van der Waals surface area contributed by atoms with Crippen LogP contribution in [-0.4, -0.2) is 38.8 Å². The fourth-order valence-corrected chi connectivity index (χ4v) is 5.71. The molecular formula is C29H34N4O3. The number of carbonyl (C=O) groups excluding carboxylic acids is 3. The molecule has 5 rings (SSSR count). The second-order valence-electron chi connectivity index (χ2n) is 10.3. The molecule has 7 heteroatoms. The van der Waals surface area contributed by atoms with Gasteiger partial charge in [0.15, 0.2) is 0 Å². The number of rotatable bonds is 5. The van der Waals surface area contributed by atoms with E-state index < -0.39 is 5.54 Å². The monoisotopic (exact) mass is 486 g/mol. The Kier molecular flexibility index (Phi) is 6.56. The van der Waals surface area contributed by atoms with Gasteiger partial charge in [-0.1, -0.05) is 74.2 Å². The van der Waals surface area contributed by atoms with Crippen LogP contribution in [0.25, 0.3) is 10.9 Å². The molecule has 2 aromatic carbocycles. The lowest BCUT2D eigenvalue weighted by atomic mass is 9.92. The van der Waals surface area contributed by atoms with Crippen LogP contribution in [0.15, 0.2) is 54.6 Å². The third-order valence-electron chi connectivity index (χ3n) is 7.64. The van der Waals surface area contributed by atoms with Crippen LogP contribution in [0.1, 0.15) is 68.4 Å². The number of amides is 3. The van der Waals surface area contributed by atoms with E-state index in [4.69, 9.17) is 0 Å². The highest BCUT2D eigenvalue weighted by atomic mass is 16.2. The first-order valence-electron chi connectivity index (χ1n) is 12.9. The lowest BCUT2D eigenvalue weighted by Crippen LogP contribution is -2.64. The number of para-hydroxylation sites is 1. The zero-order valence-electron chi connectivity index (χ0n) is 21.0. The standard InChI is InChI=1S/C29H34N4O3/c1-20(34)30-25-23-16-10-11-17-24(23)32-19-29(2,28(36)31-22-14-8-3-4-9-15-22)33(27(35)26(25)32)18-21-12-6-5-7-13-21/h5-7,10-13,16-17,22H,3-4,8-9,14-15,18-19H2,1-2H3,(H,30,34)(H,31,36)/t29-/m0/s1. The Labute approximate surface area is 211 Å². The minimum Gasteiger partial charge on any atom is -0.351 e. The van der Waals surface area contributed by atoms with E-state index in [0.29, 0.717) is 24.5 Å². The Morgan fingerprint density at radius 1 is 0.972 bits per heavy atom. The van der Waals surface area contributed by atoms with Crippen molar-refractivity contribution in [3.8, 4) is 0 Å². The first-order valence-corrected chi connectivity index (χ1v) is 12.9. The number of benzene rings is 2. The molecule has 0 spiro atoms. The highest BCUT2D eigenvalue weighted by Crippen LogP contribution is 2.39. The van der Waals surface area contributed by atoms with E-state index in [1.165, 1.54) is 19.8 Å². The first-order chi connectivity index (χ1) is 17.4. The molecule has 0 unspecified atom stereocenters. The summed E-state index contributed by atoms with van der Waals surface area (Å²) in [6, 6.07) is 17.5. The molecule has 3 aromatic rings. The summed E-state index contributed by atoms with van der Waals surface area (Å²) in [4.78, 5) is 42.0. The second kappa shape index (κ2) is 9.80. The van der Waals surface area contributed by atoms with Crippen LogP contribution in [0, 0.1) is 0 Å². The molecule has 1 atom stereocenters. The number of nitrogens with one attached hydrogen (secondary N) is 2. The van der Waals surface area contributed by atoms with Gasteiger partial charge in [0.05, 0.1) is 17.7 Å². The molecule has 7 nitrogen and oxygen atoms in total. The number of anilines is 1. The topological polar surface area (TPSA) is 83.4 Å². The van der Waals surface area contributed by atoms with Gasteiger partial charge in [0, 0.05) is 24.9 Å². The van der Waals surface area contributed by atoms with Crippen molar-refractivity contribution in [2.24, 2.45) is 0 Å². The molecule has 1 aliphatic carbocycles. The molecule has 1 saturated carbocycles. The fraction of sp³-hybridized carbons (Fsp3) is 0.414. The van der Waals surface area contributed by atoms with Crippen molar-refractivity contribution in [1.29, 1.82) is 0 Å². The molecule has 0 radical (unpaired) electrons. The summed E-state index contributed by atoms with van der Waals surface area (Å²) in [5.41, 5.74) is 1.61. The second-order valence-corrected chi connectivity index (χ2v) is 10.3. The van der Waals surface area contributed by atoms with Crippen molar-refractivity contribution in [2.75, 3.05) is 5.32 Å². The van der Waals surface area contributed by atoms with Crippen molar-refractivity contribution in [3.05, 3.63) is 65.9 Å². The largest absolute Gasteiger partial charge is 0.351 e. The fourth-order valence-electron chi connectivity index (χ4n) is 5.71. The van der Waals surface area contributed by atoms with Crippen LogP contribution in [0.2, 0.25) is 0 Å². The van der Waals surface area contributed by atoms with Gasteiger partial charge in [0.2, 0.25) is 11.8 Å². The molecule has 188 valence electrons. The number of fused-ring (bicyclic) bond motifs is 3. The van der Waals surface area contributed by atoms with E-state index in [-0.39, 0.29) is 23.8 Å². The molecule has 1 aromatic heterocycles. The van der Waals surface area contributed by atoms with Crippen LogP contribution in [0.4, 0.5) is 5.69 Å². The zero-order chi connectivity index (χ0) is 25.3. The molecule has 2 N–H and O–H groups in total.